The fraction of sp³-hybridized carbons (Fsp3) is 0.200. The third kappa shape index (κ3) is 3.07. The van der Waals surface area contributed by atoms with Gasteiger partial charge in [0.1, 0.15) is 0 Å². The fourth-order valence-corrected chi connectivity index (χ4v) is 0.863. The van der Waals surface area contributed by atoms with Crippen molar-refractivity contribution in [3.8, 4) is 0 Å². The number of carbonyl (C=O) groups is 2. The van der Waals surface area contributed by atoms with Crippen LogP contribution in [0.4, 0.5) is 5.69 Å². The van der Waals surface area contributed by atoms with Gasteiger partial charge in [0.2, 0.25) is 5.78 Å². The molecule has 0 heterocycles. The van der Waals surface area contributed by atoms with E-state index in [2.05, 4.69) is 5.32 Å². The molecule has 0 unspecified atom stereocenters. The third-order valence-corrected chi connectivity index (χ3v) is 1.62. The second kappa shape index (κ2) is 4.40. The molecule has 1 N–H and O–H groups in total. The SMILES string of the molecule is CC(=O)C(=O)CNc1ccccc1. The maximum atomic E-state index is 10.9. The summed E-state index contributed by atoms with van der Waals surface area (Å²) in [5.74, 6) is -0.813. The van der Waals surface area contributed by atoms with E-state index in [0.29, 0.717) is 0 Å². The highest BCUT2D eigenvalue weighted by Crippen LogP contribution is 2.03. The van der Waals surface area contributed by atoms with Crippen molar-refractivity contribution >= 4 is 17.3 Å². The Labute approximate surface area is 76.8 Å². The second-order valence-corrected chi connectivity index (χ2v) is 2.70. The number of hydrogen-bond acceptors (Lipinski definition) is 3. The van der Waals surface area contributed by atoms with Gasteiger partial charge in [-0.3, -0.25) is 9.59 Å². The molecule has 0 saturated carbocycles. The van der Waals surface area contributed by atoms with E-state index in [1.165, 1.54) is 6.92 Å². The average molecular weight is 177 g/mol. The Morgan fingerprint density at radius 1 is 1.23 bits per heavy atom. The fourth-order valence-electron chi connectivity index (χ4n) is 0.863. The smallest absolute Gasteiger partial charge is 0.217 e. The quantitative estimate of drug-likeness (QED) is 0.704. The van der Waals surface area contributed by atoms with Gasteiger partial charge < -0.3 is 5.32 Å². The molecule has 3 nitrogen and oxygen atoms in total. The number of Topliss-reactive ketones (excluding diaryl/α,β-unsaturated/α-hetero) is 2. The van der Waals surface area contributed by atoms with Crippen LogP contribution in [0.3, 0.4) is 0 Å². The highest BCUT2D eigenvalue weighted by molar-refractivity contribution is 6.37. The van der Waals surface area contributed by atoms with E-state index in [-0.39, 0.29) is 6.54 Å². The lowest BCUT2D eigenvalue weighted by Gasteiger charge is -2.02. The van der Waals surface area contributed by atoms with Crippen molar-refractivity contribution in [3.63, 3.8) is 0 Å². The molecule has 3 heteroatoms. The Hall–Kier alpha value is -1.64. The van der Waals surface area contributed by atoms with E-state index >= 15 is 0 Å². The first-order valence-corrected chi connectivity index (χ1v) is 4.03. The van der Waals surface area contributed by atoms with E-state index in [0.717, 1.165) is 5.69 Å². The van der Waals surface area contributed by atoms with Gasteiger partial charge in [-0.05, 0) is 12.1 Å². The van der Waals surface area contributed by atoms with Crippen LogP contribution in [0.15, 0.2) is 30.3 Å². The predicted octanol–water partition coefficient (Wildman–Crippen LogP) is 1.26. The molecular formula is C10H11NO2. The van der Waals surface area contributed by atoms with E-state index in [1.807, 2.05) is 30.3 Å². The van der Waals surface area contributed by atoms with Gasteiger partial charge in [-0.2, -0.15) is 0 Å². The van der Waals surface area contributed by atoms with Gasteiger partial charge in [0.25, 0.3) is 0 Å². The number of hydrogen-bond donors (Lipinski definition) is 1. The number of rotatable bonds is 4. The summed E-state index contributed by atoms with van der Waals surface area (Å²) in [5, 5.41) is 2.86. The van der Waals surface area contributed by atoms with Crippen LogP contribution in [0, 0.1) is 0 Å². The van der Waals surface area contributed by atoms with E-state index < -0.39 is 11.6 Å². The molecule has 1 rings (SSSR count). The molecule has 0 bridgehead atoms. The van der Waals surface area contributed by atoms with Crippen molar-refractivity contribution in [2.24, 2.45) is 0 Å². The monoisotopic (exact) mass is 177 g/mol. The van der Waals surface area contributed by atoms with Gasteiger partial charge in [0, 0.05) is 12.6 Å². The molecule has 1 aromatic carbocycles. The first kappa shape index (κ1) is 9.45. The van der Waals surface area contributed by atoms with Gasteiger partial charge in [0.15, 0.2) is 5.78 Å². The lowest BCUT2D eigenvalue weighted by molar-refractivity contribution is -0.134. The van der Waals surface area contributed by atoms with E-state index in [9.17, 15) is 9.59 Å². The largest absolute Gasteiger partial charge is 0.377 e. The summed E-state index contributed by atoms with van der Waals surface area (Å²) < 4.78 is 0. The molecule has 68 valence electrons. The molecular weight excluding hydrogens is 166 g/mol. The highest BCUT2D eigenvalue weighted by Gasteiger charge is 2.05. The molecule has 0 radical (unpaired) electrons. The Bertz CT molecular complexity index is 306. The maximum Gasteiger partial charge on any atom is 0.217 e. The first-order valence-electron chi connectivity index (χ1n) is 4.03. The maximum absolute atomic E-state index is 10.9. The zero-order valence-corrected chi connectivity index (χ0v) is 7.41. The van der Waals surface area contributed by atoms with Gasteiger partial charge in [-0.1, -0.05) is 18.2 Å². The molecule has 0 saturated heterocycles. The van der Waals surface area contributed by atoms with Crippen molar-refractivity contribution < 1.29 is 9.59 Å². The summed E-state index contributed by atoms with van der Waals surface area (Å²) in [5.41, 5.74) is 0.845. The molecule has 0 fully saturated rings. The Morgan fingerprint density at radius 3 is 2.38 bits per heavy atom. The minimum Gasteiger partial charge on any atom is -0.377 e. The second-order valence-electron chi connectivity index (χ2n) is 2.70. The average Bonchev–Trinajstić information content (AvgIpc) is 2.15. The summed E-state index contributed by atoms with van der Waals surface area (Å²) in [6.07, 6.45) is 0. The van der Waals surface area contributed by atoms with Gasteiger partial charge in [-0.15, -0.1) is 0 Å². The Kier molecular flexibility index (Phi) is 3.20. The number of anilines is 1. The van der Waals surface area contributed by atoms with E-state index in [1.54, 1.807) is 0 Å². The molecule has 0 aliphatic rings. The van der Waals surface area contributed by atoms with Crippen LogP contribution >= 0.6 is 0 Å². The molecule has 0 aliphatic heterocycles. The number of para-hydroxylation sites is 1. The zero-order valence-electron chi connectivity index (χ0n) is 7.41. The summed E-state index contributed by atoms with van der Waals surface area (Å²) in [6, 6.07) is 9.29. The highest BCUT2D eigenvalue weighted by atomic mass is 16.2. The van der Waals surface area contributed by atoms with Crippen LogP contribution < -0.4 is 5.32 Å². The standard InChI is InChI=1S/C10H11NO2/c1-8(12)10(13)7-11-9-5-3-2-4-6-9/h2-6,11H,7H2,1H3. The normalized spacial score (nSPS) is 9.31. The Morgan fingerprint density at radius 2 is 1.85 bits per heavy atom. The first-order chi connectivity index (χ1) is 6.20. The topological polar surface area (TPSA) is 46.2 Å². The number of nitrogens with one attached hydrogen (secondary N) is 1. The van der Waals surface area contributed by atoms with Crippen LogP contribution in [0.2, 0.25) is 0 Å². The molecule has 0 aromatic heterocycles. The number of carbonyl (C=O) groups excluding carboxylic acids is 2. The molecule has 13 heavy (non-hydrogen) atoms. The van der Waals surface area contributed by atoms with Crippen LogP contribution in [0.25, 0.3) is 0 Å². The third-order valence-electron chi connectivity index (χ3n) is 1.62. The van der Waals surface area contributed by atoms with E-state index in [4.69, 9.17) is 0 Å². The summed E-state index contributed by atoms with van der Waals surface area (Å²) in [4.78, 5) is 21.5. The van der Waals surface area contributed by atoms with Crippen LogP contribution in [-0.2, 0) is 9.59 Å². The molecule has 0 aliphatic carbocycles. The van der Waals surface area contributed by atoms with Crippen molar-refractivity contribution in [3.05, 3.63) is 30.3 Å². The van der Waals surface area contributed by atoms with Gasteiger partial charge in [0.05, 0.1) is 6.54 Å². The lowest BCUT2D eigenvalue weighted by Crippen LogP contribution is -2.20. The Balaban J connectivity index is 2.44. The van der Waals surface area contributed by atoms with Crippen molar-refractivity contribution in [2.45, 2.75) is 6.92 Å². The van der Waals surface area contributed by atoms with Crippen molar-refractivity contribution in [2.75, 3.05) is 11.9 Å². The van der Waals surface area contributed by atoms with Crippen molar-refractivity contribution in [1.29, 1.82) is 0 Å². The zero-order chi connectivity index (χ0) is 9.68. The van der Waals surface area contributed by atoms with Crippen LogP contribution in [0.5, 0.6) is 0 Å². The summed E-state index contributed by atoms with van der Waals surface area (Å²) in [6.45, 7) is 1.34. The summed E-state index contributed by atoms with van der Waals surface area (Å²) >= 11 is 0. The number of benzene rings is 1. The summed E-state index contributed by atoms with van der Waals surface area (Å²) in [7, 11) is 0. The van der Waals surface area contributed by atoms with Crippen LogP contribution in [-0.4, -0.2) is 18.1 Å². The minimum atomic E-state index is -0.413. The molecule has 0 spiro atoms. The van der Waals surface area contributed by atoms with Gasteiger partial charge >= 0.3 is 0 Å². The number of ketones is 2. The van der Waals surface area contributed by atoms with Crippen LogP contribution in [0.1, 0.15) is 6.92 Å². The molecule has 0 atom stereocenters. The van der Waals surface area contributed by atoms with Crippen molar-refractivity contribution in [1.82, 2.24) is 0 Å². The lowest BCUT2D eigenvalue weighted by atomic mass is 10.2. The van der Waals surface area contributed by atoms with Gasteiger partial charge in [-0.25, -0.2) is 0 Å². The molecule has 1 aromatic rings. The predicted molar refractivity (Wildman–Crippen MR) is 50.6 cm³/mol. The molecule has 0 amide bonds. The minimum absolute atomic E-state index is 0.0688.